The summed E-state index contributed by atoms with van der Waals surface area (Å²) in [7, 11) is 1.35. The Morgan fingerprint density at radius 3 is 2.44 bits per heavy atom. The second-order valence-electron chi connectivity index (χ2n) is 9.39. The largest absolute Gasteiger partial charge is 0.490 e. The summed E-state index contributed by atoms with van der Waals surface area (Å²) >= 11 is 6.64. The van der Waals surface area contributed by atoms with Crippen LogP contribution in [0.1, 0.15) is 57.2 Å². The normalized spacial score (nSPS) is 14.9. The van der Waals surface area contributed by atoms with E-state index in [-0.39, 0.29) is 23.7 Å². The third-order valence-corrected chi connectivity index (χ3v) is 7.02. The number of thioether (sulfide) groups is 1. The molecule has 1 fully saturated rings. The maximum atomic E-state index is 12.9. The SMILES string of the molecule is CCOc1cc(/C=C2/SC(=S)N(CCCC(=O)OC)C2=O)ccc1OCc1ccc(C(C)(C)C)cc1. The third-order valence-electron chi connectivity index (χ3n) is 5.64. The smallest absolute Gasteiger partial charge is 0.305 e. The van der Waals surface area contributed by atoms with Crippen molar-refractivity contribution in [2.24, 2.45) is 0 Å². The zero-order chi connectivity index (χ0) is 26.3. The van der Waals surface area contributed by atoms with Crippen LogP contribution in [0, 0.1) is 0 Å². The minimum Gasteiger partial charge on any atom is -0.490 e. The van der Waals surface area contributed by atoms with E-state index < -0.39 is 0 Å². The molecule has 0 unspecified atom stereocenters. The molecule has 0 aromatic heterocycles. The van der Waals surface area contributed by atoms with Gasteiger partial charge >= 0.3 is 5.97 Å². The molecule has 2 aromatic rings. The van der Waals surface area contributed by atoms with Crippen molar-refractivity contribution < 1.29 is 23.8 Å². The quantitative estimate of drug-likeness (QED) is 0.210. The summed E-state index contributed by atoms with van der Waals surface area (Å²) in [5, 5.41) is 0. The maximum absolute atomic E-state index is 12.9. The highest BCUT2D eigenvalue weighted by molar-refractivity contribution is 8.26. The third kappa shape index (κ3) is 7.34. The fourth-order valence-electron chi connectivity index (χ4n) is 3.59. The summed E-state index contributed by atoms with van der Waals surface area (Å²) in [6.45, 7) is 9.79. The molecule has 1 aliphatic rings. The maximum Gasteiger partial charge on any atom is 0.305 e. The van der Waals surface area contributed by atoms with E-state index in [4.69, 9.17) is 21.7 Å². The van der Waals surface area contributed by atoms with Gasteiger partial charge in [-0.3, -0.25) is 14.5 Å². The fourth-order valence-corrected chi connectivity index (χ4v) is 4.90. The van der Waals surface area contributed by atoms with E-state index in [9.17, 15) is 9.59 Å². The van der Waals surface area contributed by atoms with Gasteiger partial charge in [0.05, 0.1) is 18.6 Å². The predicted molar refractivity (Wildman–Crippen MR) is 148 cm³/mol. The molecule has 2 aromatic carbocycles. The summed E-state index contributed by atoms with van der Waals surface area (Å²) in [6.07, 6.45) is 2.54. The monoisotopic (exact) mass is 527 g/mol. The lowest BCUT2D eigenvalue weighted by atomic mass is 9.87. The van der Waals surface area contributed by atoms with Gasteiger partial charge in [0, 0.05) is 13.0 Å². The lowest BCUT2D eigenvalue weighted by molar-refractivity contribution is -0.141. The van der Waals surface area contributed by atoms with Crippen LogP contribution < -0.4 is 9.47 Å². The van der Waals surface area contributed by atoms with Gasteiger partial charge in [-0.05, 0) is 53.7 Å². The molecular weight excluding hydrogens is 494 g/mol. The van der Waals surface area contributed by atoms with Crippen LogP contribution in [0.2, 0.25) is 0 Å². The van der Waals surface area contributed by atoms with Crippen molar-refractivity contribution in [1.82, 2.24) is 4.90 Å². The van der Waals surface area contributed by atoms with E-state index in [2.05, 4.69) is 49.8 Å². The molecule has 1 saturated heterocycles. The Hall–Kier alpha value is -2.84. The summed E-state index contributed by atoms with van der Waals surface area (Å²) in [6, 6.07) is 14.1. The van der Waals surface area contributed by atoms with Crippen LogP contribution >= 0.6 is 24.0 Å². The minimum absolute atomic E-state index is 0.106. The minimum atomic E-state index is -0.302. The number of carbonyl (C=O) groups excluding carboxylic acids is 2. The van der Waals surface area contributed by atoms with E-state index in [1.165, 1.54) is 29.3 Å². The van der Waals surface area contributed by atoms with Crippen LogP contribution in [-0.4, -0.2) is 41.4 Å². The molecule has 0 N–H and O–H groups in total. The van der Waals surface area contributed by atoms with Crippen molar-refractivity contribution in [2.75, 3.05) is 20.3 Å². The summed E-state index contributed by atoms with van der Waals surface area (Å²) in [4.78, 5) is 26.3. The average Bonchev–Trinajstić information content (AvgIpc) is 3.10. The Kier molecular flexibility index (Phi) is 9.56. The first-order valence-electron chi connectivity index (χ1n) is 11.9. The highest BCUT2D eigenvalue weighted by Gasteiger charge is 2.31. The molecule has 0 bridgehead atoms. The first kappa shape index (κ1) is 27.7. The summed E-state index contributed by atoms with van der Waals surface area (Å²) < 4.78 is 17.0. The molecule has 1 heterocycles. The molecule has 3 rings (SSSR count). The first-order valence-corrected chi connectivity index (χ1v) is 13.2. The van der Waals surface area contributed by atoms with E-state index in [0.717, 1.165) is 11.1 Å². The van der Waals surface area contributed by atoms with Crippen molar-refractivity contribution in [3.63, 3.8) is 0 Å². The number of carbonyl (C=O) groups is 2. The van der Waals surface area contributed by atoms with Crippen molar-refractivity contribution in [3.8, 4) is 11.5 Å². The van der Waals surface area contributed by atoms with Gasteiger partial charge in [0.1, 0.15) is 10.9 Å². The van der Waals surface area contributed by atoms with Crippen LogP contribution in [0.5, 0.6) is 11.5 Å². The van der Waals surface area contributed by atoms with Crippen LogP contribution in [0.4, 0.5) is 0 Å². The highest BCUT2D eigenvalue weighted by atomic mass is 32.2. The molecule has 0 saturated carbocycles. The lowest BCUT2D eigenvalue weighted by Gasteiger charge is -2.19. The molecule has 0 atom stereocenters. The Labute approximate surface area is 223 Å². The Morgan fingerprint density at radius 2 is 1.81 bits per heavy atom. The fraction of sp³-hybridized carbons (Fsp3) is 0.393. The van der Waals surface area contributed by atoms with Crippen molar-refractivity contribution in [3.05, 3.63) is 64.1 Å². The van der Waals surface area contributed by atoms with Gasteiger partial charge in [0.2, 0.25) is 0 Å². The number of methoxy groups -OCH3 is 1. The molecule has 0 radical (unpaired) electrons. The molecule has 6 nitrogen and oxygen atoms in total. The number of ether oxygens (including phenoxy) is 3. The predicted octanol–water partition coefficient (Wildman–Crippen LogP) is 6.12. The second kappa shape index (κ2) is 12.4. The number of amides is 1. The Bertz CT molecular complexity index is 1140. The molecule has 36 heavy (non-hydrogen) atoms. The Morgan fingerprint density at radius 1 is 1.08 bits per heavy atom. The standard InChI is InChI=1S/C28H33NO5S2/c1-6-33-23-16-20(17-24-26(31)29(27(35)36-24)15-7-8-25(30)32-5)11-14-22(23)34-18-19-9-12-21(13-10-19)28(2,3)4/h9-14,16-17H,6-8,15,18H2,1-5H3/b24-17+. The molecule has 0 aliphatic carbocycles. The number of esters is 1. The molecular formula is C28H33NO5S2. The van der Waals surface area contributed by atoms with Crippen molar-refractivity contribution >= 4 is 46.3 Å². The van der Waals surface area contributed by atoms with E-state index in [1.54, 1.807) is 6.08 Å². The number of hydrogen-bond acceptors (Lipinski definition) is 7. The van der Waals surface area contributed by atoms with Gasteiger partial charge in [-0.1, -0.05) is 75.1 Å². The summed E-state index contributed by atoms with van der Waals surface area (Å²) in [5.74, 6) is 0.797. The number of benzene rings is 2. The molecule has 192 valence electrons. The van der Waals surface area contributed by atoms with Gasteiger partial charge in [0.15, 0.2) is 11.5 Å². The van der Waals surface area contributed by atoms with Gasteiger partial charge in [-0.15, -0.1) is 0 Å². The number of thiocarbonyl (C=S) groups is 1. The van der Waals surface area contributed by atoms with Crippen molar-refractivity contribution in [1.29, 1.82) is 0 Å². The molecule has 1 aliphatic heterocycles. The zero-order valence-electron chi connectivity index (χ0n) is 21.5. The van der Waals surface area contributed by atoms with E-state index in [0.29, 0.717) is 46.9 Å². The highest BCUT2D eigenvalue weighted by Crippen LogP contribution is 2.35. The van der Waals surface area contributed by atoms with E-state index in [1.807, 2.05) is 25.1 Å². The molecule has 0 spiro atoms. The average molecular weight is 528 g/mol. The number of rotatable bonds is 10. The van der Waals surface area contributed by atoms with Gasteiger partial charge in [0.25, 0.3) is 5.91 Å². The van der Waals surface area contributed by atoms with Crippen LogP contribution in [-0.2, 0) is 26.3 Å². The van der Waals surface area contributed by atoms with Gasteiger partial charge in [-0.2, -0.15) is 0 Å². The zero-order valence-corrected chi connectivity index (χ0v) is 23.1. The van der Waals surface area contributed by atoms with E-state index >= 15 is 0 Å². The van der Waals surface area contributed by atoms with Crippen LogP contribution in [0.3, 0.4) is 0 Å². The lowest BCUT2D eigenvalue weighted by Crippen LogP contribution is -2.29. The second-order valence-corrected chi connectivity index (χ2v) is 11.1. The first-order chi connectivity index (χ1) is 17.1. The summed E-state index contributed by atoms with van der Waals surface area (Å²) in [5.41, 5.74) is 3.27. The molecule has 1 amide bonds. The number of nitrogens with zero attached hydrogens (tertiary/aromatic N) is 1. The Balaban J connectivity index is 1.69. The number of hydrogen-bond donors (Lipinski definition) is 0. The van der Waals surface area contributed by atoms with Gasteiger partial charge < -0.3 is 14.2 Å². The molecule has 8 heteroatoms. The van der Waals surface area contributed by atoms with Gasteiger partial charge in [-0.25, -0.2) is 0 Å². The topological polar surface area (TPSA) is 65.1 Å². The van der Waals surface area contributed by atoms with Crippen LogP contribution in [0.25, 0.3) is 6.08 Å². The van der Waals surface area contributed by atoms with Crippen LogP contribution in [0.15, 0.2) is 47.4 Å². The van der Waals surface area contributed by atoms with Crippen molar-refractivity contribution in [2.45, 2.75) is 52.6 Å².